The van der Waals surface area contributed by atoms with E-state index in [1.54, 1.807) is 16.2 Å². The second kappa shape index (κ2) is 10.9. The van der Waals surface area contributed by atoms with Crippen LogP contribution in [0.5, 0.6) is 0 Å². The monoisotopic (exact) mass is 569 g/mol. The van der Waals surface area contributed by atoms with Gasteiger partial charge in [0.1, 0.15) is 11.3 Å². The van der Waals surface area contributed by atoms with Crippen LogP contribution in [0.4, 0.5) is 10.5 Å². The third-order valence-corrected chi connectivity index (χ3v) is 7.71. The molecule has 0 radical (unpaired) electrons. The van der Waals surface area contributed by atoms with Crippen molar-refractivity contribution in [2.45, 2.75) is 32.9 Å². The van der Waals surface area contributed by atoms with Crippen LogP contribution in [0.25, 0.3) is 27.3 Å². The number of para-hydroxylation sites is 3. The molecule has 5 aromatic rings. The lowest BCUT2D eigenvalue weighted by Gasteiger charge is -2.35. The molecule has 0 unspecified atom stereocenters. The predicted octanol–water partition coefficient (Wildman–Crippen LogP) is 5.31. The second-order valence-electron chi connectivity index (χ2n) is 11.0. The molecule has 1 N–H and O–H groups in total. The van der Waals surface area contributed by atoms with E-state index in [0.29, 0.717) is 24.3 Å². The van der Waals surface area contributed by atoms with E-state index < -0.39 is 5.60 Å². The molecule has 0 bridgehead atoms. The maximum Gasteiger partial charge on any atom is 0.410 e. The molecule has 4 heterocycles. The van der Waals surface area contributed by atoms with Crippen LogP contribution in [0.15, 0.2) is 66.3 Å². The number of piperazine rings is 1. The first-order valence-electron chi connectivity index (χ1n) is 13.5. The Labute approximate surface area is 241 Å². The zero-order valence-corrected chi connectivity index (χ0v) is 24.0. The normalized spacial score (nSPS) is 14.5. The average molecular weight is 570 g/mol. The summed E-state index contributed by atoms with van der Waals surface area (Å²) in [6.07, 6.45) is 3.25. The van der Waals surface area contributed by atoms with E-state index in [2.05, 4.69) is 30.0 Å². The Balaban J connectivity index is 1.16. The lowest BCUT2D eigenvalue weighted by atomic mass is 10.1. The third kappa shape index (κ3) is 5.91. The smallest absolute Gasteiger partial charge is 0.410 e. The number of amides is 2. The molecule has 0 spiro atoms. The fourth-order valence-electron chi connectivity index (χ4n) is 4.79. The molecule has 10 nitrogen and oxygen atoms in total. The lowest BCUT2D eigenvalue weighted by Crippen LogP contribution is -2.49. The topological polar surface area (TPSA) is 105 Å². The maximum atomic E-state index is 13.1. The molecule has 6 rings (SSSR count). The summed E-state index contributed by atoms with van der Waals surface area (Å²) in [5.74, 6) is -0.331. The summed E-state index contributed by atoms with van der Waals surface area (Å²) in [5.41, 5.74) is 4.53. The number of rotatable bonds is 5. The fourth-order valence-corrected chi connectivity index (χ4v) is 5.65. The number of imidazole rings is 1. The standard InChI is InChI=1S/C30H31N7O3S/c1-30(2,3)40-29(39)36-14-12-35(13-15-36)17-20-19-41-28-34-26(18-37(20)28)21-8-4-5-9-22(21)33-27(38)25-16-31-23-10-6-7-11-24(23)32-25/h4-11,16,18-19H,12-15,17H2,1-3H3,(H,33,38). The van der Waals surface area contributed by atoms with E-state index in [1.165, 1.54) is 6.20 Å². The number of benzene rings is 2. The molecule has 2 amide bonds. The predicted molar refractivity (Wildman–Crippen MR) is 159 cm³/mol. The Morgan fingerprint density at radius 3 is 2.49 bits per heavy atom. The number of nitrogens with one attached hydrogen (secondary N) is 1. The zero-order valence-electron chi connectivity index (χ0n) is 23.2. The van der Waals surface area contributed by atoms with E-state index in [-0.39, 0.29) is 17.7 Å². The fraction of sp³-hybridized carbons (Fsp3) is 0.300. The van der Waals surface area contributed by atoms with Crippen LogP contribution in [0.3, 0.4) is 0 Å². The Hall–Kier alpha value is -4.35. The van der Waals surface area contributed by atoms with Crippen LogP contribution in [0.2, 0.25) is 0 Å². The van der Waals surface area contributed by atoms with Crippen LogP contribution in [-0.2, 0) is 11.3 Å². The van der Waals surface area contributed by atoms with Gasteiger partial charge in [-0.2, -0.15) is 0 Å². The average Bonchev–Trinajstić information content (AvgIpc) is 3.54. The molecule has 2 aromatic carbocycles. The Morgan fingerprint density at radius 2 is 1.71 bits per heavy atom. The first kappa shape index (κ1) is 26.9. The quantitative estimate of drug-likeness (QED) is 0.306. The third-order valence-electron chi connectivity index (χ3n) is 6.83. The van der Waals surface area contributed by atoms with Gasteiger partial charge in [-0.25, -0.2) is 14.8 Å². The van der Waals surface area contributed by atoms with Crippen molar-refractivity contribution in [2.24, 2.45) is 0 Å². The highest BCUT2D eigenvalue weighted by atomic mass is 32.1. The Bertz CT molecular complexity index is 1730. The van der Waals surface area contributed by atoms with Crippen LogP contribution >= 0.6 is 11.3 Å². The van der Waals surface area contributed by atoms with Gasteiger partial charge in [-0.15, -0.1) is 11.3 Å². The summed E-state index contributed by atoms with van der Waals surface area (Å²) in [7, 11) is 0. The van der Waals surface area contributed by atoms with Gasteiger partial charge in [0, 0.05) is 55.6 Å². The summed E-state index contributed by atoms with van der Waals surface area (Å²) in [6.45, 7) is 9.20. The molecule has 11 heteroatoms. The van der Waals surface area contributed by atoms with Gasteiger partial charge < -0.3 is 15.0 Å². The summed E-state index contributed by atoms with van der Waals surface area (Å²) in [5, 5.41) is 5.12. The highest BCUT2D eigenvalue weighted by Crippen LogP contribution is 2.30. The van der Waals surface area contributed by atoms with Crippen molar-refractivity contribution < 1.29 is 14.3 Å². The summed E-state index contributed by atoms with van der Waals surface area (Å²) in [6, 6.07) is 15.1. The van der Waals surface area contributed by atoms with Gasteiger partial charge >= 0.3 is 6.09 Å². The molecule has 1 aliphatic heterocycles. The molecule has 1 fully saturated rings. The van der Waals surface area contributed by atoms with Gasteiger partial charge in [0.15, 0.2) is 4.96 Å². The first-order valence-corrected chi connectivity index (χ1v) is 14.4. The molecule has 1 aliphatic rings. The highest BCUT2D eigenvalue weighted by Gasteiger charge is 2.26. The van der Waals surface area contributed by atoms with Gasteiger partial charge in [-0.1, -0.05) is 30.3 Å². The number of nitrogens with zero attached hydrogens (tertiary/aromatic N) is 6. The van der Waals surface area contributed by atoms with Crippen LogP contribution < -0.4 is 5.32 Å². The SMILES string of the molecule is CC(C)(C)OC(=O)N1CCN(Cc2csc3nc(-c4ccccc4NC(=O)c4cnc5ccccc5n4)cn23)CC1. The minimum Gasteiger partial charge on any atom is -0.444 e. The number of thiazole rings is 1. The van der Waals surface area contributed by atoms with Crippen LogP contribution in [0, 0.1) is 0 Å². The first-order chi connectivity index (χ1) is 19.7. The van der Waals surface area contributed by atoms with Crippen LogP contribution in [0.1, 0.15) is 37.0 Å². The van der Waals surface area contributed by atoms with Crippen molar-refractivity contribution in [2.75, 3.05) is 31.5 Å². The Morgan fingerprint density at radius 1 is 0.976 bits per heavy atom. The molecule has 1 saturated heterocycles. The van der Waals surface area contributed by atoms with Gasteiger partial charge in [0.2, 0.25) is 0 Å². The van der Waals surface area contributed by atoms with Crippen molar-refractivity contribution in [3.63, 3.8) is 0 Å². The molecular formula is C30H31N7O3S. The number of anilines is 1. The number of aromatic nitrogens is 4. The van der Waals surface area contributed by atoms with E-state index in [4.69, 9.17) is 9.72 Å². The summed E-state index contributed by atoms with van der Waals surface area (Å²) < 4.78 is 7.63. The molecule has 0 aliphatic carbocycles. The van der Waals surface area contributed by atoms with E-state index in [1.807, 2.05) is 75.5 Å². The summed E-state index contributed by atoms with van der Waals surface area (Å²) in [4.78, 5) is 44.2. The largest absolute Gasteiger partial charge is 0.444 e. The van der Waals surface area contributed by atoms with Crippen molar-refractivity contribution in [3.05, 3.63) is 77.7 Å². The van der Waals surface area contributed by atoms with Crippen LogP contribution in [-0.4, -0.2) is 72.9 Å². The summed E-state index contributed by atoms with van der Waals surface area (Å²) >= 11 is 1.58. The number of ether oxygens (including phenoxy) is 1. The molecule has 0 atom stereocenters. The zero-order chi connectivity index (χ0) is 28.6. The minimum absolute atomic E-state index is 0.248. The van der Waals surface area contributed by atoms with Crippen molar-refractivity contribution in [1.29, 1.82) is 0 Å². The van der Waals surface area contributed by atoms with Crippen molar-refractivity contribution in [1.82, 2.24) is 29.2 Å². The molecule has 210 valence electrons. The number of hydrogen-bond acceptors (Lipinski definition) is 8. The van der Waals surface area contributed by atoms with E-state index in [9.17, 15) is 9.59 Å². The van der Waals surface area contributed by atoms with Crippen molar-refractivity contribution >= 4 is 45.0 Å². The molecular weight excluding hydrogens is 538 g/mol. The van der Waals surface area contributed by atoms with Gasteiger partial charge in [-0.05, 0) is 39.0 Å². The number of carbonyl (C=O) groups excluding carboxylic acids is 2. The molecule has 41 heavy (non-hydrogen) atoms. The Kier molecular flexibility index (Phi) is 7.14. The molecule has 0 saturated carbocycles. The van der Waals surface area contributed by atoms with E-state index >= 15 is 0 Å². The van der Waals surface area contributed by atoms with Gasteiger partial charge in [-0.3, -0.25) is 19.1 Å². The second-order valence-corrected chi connectivity index (χ2v) is 11.8. The van der Waals surface area contributed by atoms with Gasteiger partial charge in [0.05, 0.1) is 28.6 Å². The maximum absolute atomic E-state index is 13.1. The minimum atomic E-state index is -0.498. The van der Waals surface area contributed by atoms with Gasteiger partial charge in [0.25, 0.3) is 5.91 Å². The highest BCUT2D eigenvalue weighted by molar-refractivity contribution is 7.15. The number of carbonyl (C=O) groups is 2. The van der Waals surface area contributed by atoms with E-state index in [0.717, 1.165) is 47.1 Å². The lowest BCUT2D eigenvalue weighted by molar-refractivity contribution is 0.0138. The van der Waals surface area contributed by atoms with Crippen molar-refractivity contribution in [3.8, 4) is 11.3 Å². The number of hydrogen-bond donors (Lipinski definition) is 1. The molecule has 3 aromatic heterocycles. The number of fused-ring (bicyclic) bond motifs is 2.